The van der Waals surface area contributed by atoms with Crippen molar-refractivity contribution in [2.45, 2.75) is 77.6 Å². The van der Waals surface area contributed by atoms with E-state index in [0.717, 1.165) is 0 Å². The molecule has 0 heterocycles. The quantitative estimate of drug-likeness (QED) is 0.565. The first-order chi connectivity index (χ1) is 13.5. The number of hydrogen-bond donors (Lipinski definition) is 1. The van der Waals surface area contributed by atoms with Crippen LogP contribution in [0.25, 0.3) is 0 Å². The van der Waals surface area contributed by atoms with Crippen molar-refractivity contribution >= 4 is 29.3 Å². The summed E-state index contributed by atoms with van der Waals surface area (Å²) in [4.78, 5) is 39.2. The van der Waals surface area contributed by atoms with Crippen LogP contribution in [0.3, 0.4) is 0 Å². The van der Waals surface area contributed by atoms with Crippen LogP contribution in [0.15, 0.2) is 24.3 Å². The summed E-state index contributed by atoms with van der Waals surface area (Å²) in [7, 11) is 0. The fourth-order valence-electron chi connectivity index (χ4n) is 3.83. The van der Waals surface area contributed by atoms with Gasteiger partial charge in [0.05, 0.1) is 11.5 Å². The molecule has 166 valence electrons. The number of halogens is 1. The molecule has 1 N–H and O–H groups in total. The minimum Gasteiger partial charge on any atom is -0.460 e. The maximum atomic E-state index is 13.2. The molecule has 0 amide bonds. The van der Waals surface area contributed by atoms with E-state index >= 15 is 0 Å². The van der Waals surface area contributed by atoms with E-state index < -0.39 is 52.3 Å². The van der Waals surface area contributed by atoms with Crippen molar-refractivity contribution in [3.63, 3.8) is 0 Å². The summed E-state index contributed by atoms with van der Waals surface area (Å²) in [6, 6.07) is 6.53. The molecule has 0 unspecified atom stereocenters. The van der Waals surface area contributed by atoms with Gasteiger partial charge in [0.2, 0.25) is 0 Å². The molecule has 0 radical (unpaired) electrons. The number of ketones is 1. The number of benzene rings is 1. The second kappa shape index (κ2) is 8.31. The van der Waals surface area contributed by atoms with Crippen molar-refractivity contribution in [2.24, 2.45) is 11.8 Å². The van der Waals surface area contributed by atoms with Gasteiger partial charge in [-0.1, -0.05) is 23.7 Å². The predicted molar refractivity (Wildman–Crippen MR) is 113 cm³/mol. The molecule has 6 nitrogen and oxygen atoms in total. The predicted octanol–water partition coefficient (Wildman–Crippen LogP) is 4.06. The minimum absolute atomic E-state index is 0.356. The average molecular weight is 439 g/mol. The highest BCUT2D eigenvalue weighted by molar-refractivity contribution is 6.30. The van der Waals surface area contributed by atoms with E-state index in [9.17, 15) is 19.5 Å². The molecule has 1 aromatic rings. The van der Waals surface area contributed by atoms with E-state index in [0.29, 0.717) is 10.6 Å². The first-order valence-electron chi connectivity index (χ1n) is 9.98. The Hall–Kier alpha value is -1.92. The van der Waals surface area contributed by atoms with Crippen molar-refractivity contribution in [3.05, 3.63) is 34.9 Å². The van der Waals surface area contributed by atoms with E-state index in [1.54, 1.807) is 65.8 Å². The topological polar surface area (TPSA) is 89.9 Å². The van der Waals surface area contributed by atoms with Crippen LogP contribution in [0.5, 0.6) is 0 Å². The van der Waals surface area contributed by atoms with E-state index in [4.69, 9.17) is 21.1 Å². The molecule has 1 aliphatic rings. The Labute approximate surface area is 182 Å². The maximum absolute atomic E-state index is 13.2. The van der Waals surface area contributed by atoms with Crippen molar-refractivity contribution < 1.29 is 29.0 Å². The van der Waals surface area contributed by atoms with Gasteiger partial charge in [-0.05, 0) is 66.2 Å². The zero-order valence-corrected chi connectivity index (χ0v) is 19.4. The number of rotatable bonds is 3. The van der Waals surface area contributed by atoms with Crippen molar-refractivity contribution in [1.82, 2.24) is 0 Å². The van der Waals surface area contributed by atoms with E-state index in [-0.39, 0.29) is 6.42 Å². The Morgan fingerprint density at radius 2 is 1.47 bits per heavy atom. The fourth-order valence-corrected chi connectivity index (χ4v) is 3.96. The van der Waals surface area contributed by atoms with Crippen LogP contribution in [0.2, 0.25) is 5.02 Å². The number of aliphatic hydroxyl groups is 1. The van der Waals surface area contributed by atoms with Crippen LogP contribution in [0.4, 0.5) is 0 Å². The van der Waals surface area contributed by atoms with Crippen LogP contribution in [0, 0.1) is 11.8 Å². The summed E-state index contributed by atoms with van der Waals surface area (Å²) in [6.07, 6.45) is -0.356. The smallest absolute Gasteiger partial charge is 0.317 e. The lowest BCUT2D eigenvalue weighted by molar-refractivity contribution is -0.182. The molecule has 0 aliphatic heterocycles. The number of esters is 2. The molecule has 0 aromatic heterocycles. The monoisotopic (exact) mass is 438 g/mol. The molecule has 1 saturated carbocycles. The van der Waals surface area contributed by atoms with E-state index in [2.05, 4.69) is 0 Å². The lowest BCUT2D eigenvalue weighted by Crippen LogP contribution is -2.56. The van der Waals surface area contributed by atoms with E-state index in [1.165, 1.54) is 6.92 Å². The number of Topliss-reactive ketones (excluding diaryl/α,β-unsaturated/α-hetero) is 1. The Balaban J connectivity index is 2.62. The van der Waals surface area contributed by atoms with Gasteiger partial charge in [0.15, 0.2) is 5.78 Å². The Morgan fingerprint density at radius 3 is 1.93 bits per heavy atom. The molecule has 1 fully saturated rings. The maximum Gasteiger partial charge on any atom is 0.317 e. The molecule has 4 atom stereocenters. The molecule has 1 aliphatic carbocycles. The first-order valence-corrected chi connectivity index (χ1v) is 10.4. The van der Waals surface area contributed by atoms with Gasteiger partial charge >= 0.3 is 11.9 Å². The molecule has 30 heavy (non-hydrogen) atoms. The molecule has 0 bridgehead atoms. The SMILES string of the molecule is CC(C)(C)OC(=O)[C@@H]1C(=O)C[C@@](C)(O)[C@H](C(=O)OC(C)(C)C)[C@@H]1c1ccc(Cl)cc1. The molecule has 2 rings (SSSR count). The van der Waals surface area contributed by atoms with Crippen LogP contribution in [-0.2, 0) is 23.9 Å². The highest BCUT2D eigenvalue weighted by atomic mass is 35.5. The van der Waals surface area contributed by atoms with Gasteiger partial charge in [-0.15, -0.1) is 0 Å². The highest BCUT2D eigenvalue weighted by Crippen LogP contribution is 2.47. The zero-order valence-electron chi connectivity index (χ0n) is 18.6. The van der Waals surface area contributed by atoms with Gasteiger partial charge in [-0.25, -0.2) is 0 Å². The zero-order chi connectivity index (χ0) is 23.1. The number of ether oxygens (including phenoxy) is 2. The summed E-state index contributed by atoms with van der Waals surface area (Å²) < 4.78 is 11.1. The standard InChI is InChI=1S/C23H31ClO6/c1-21(2,3)29-19(26)17-15(25)12-23(7,28)18(20(27)30-22(4,5)6)16(17)13-8-10-14(24)11-9-13/h8-11,16-18,28H,12H2,1-7H3/t16-,17-,18+,23-/m1/s1. The summed E-state index contributed by atoms with van der Waals surface area (Å²) in [5.41, 5.74) is -2.79. The molecule has 0 saturated heterocycles. The number of carbonyl (C=O) groups excluding carboxylic acids is 3. The third kappa shape index (κ3) is 5.82. The van der Waals surface area contributed by atoms with Gasteiger partial charge in [0.1, 0.15) is 17.1 Å². The van der Waals surface area contributed by atoms with Crippen molar-refractivity contribution in [2.75, 3.05) is 0 Å². The van der Waals surface area contributed by atoms with Crippen LogP contribution >= 0.6 is 11.6 Å². The van der Waals surface area contributed by atoms with Crippen LogP contribution in [-0.4, -0.2) is 39.6 Å². The Bertz CT molecular complexity index is 814. The second-order valence-corrected chi connectivity index (χ2v) is 10.5. The summed E-state index contributed by atoms with van der Waals surface area (Å²) in [5.74, 6) is -5.22. The number of carbonyl (C=O) groups is 3. The fraction of sp³-hybridized carbons (Fsp3) is 0.609. The minimum atomic E-state index is -1.69. The molecule has 7 heteroatoms. The van der Waals surface area contributed by atoms with Gasteiger partial charge in [0.25, 0.3) is 0 Å². The molecule has 0 spiro atoms. The van der Waals surface area contributed by atoms with E-state index in [1.807, 2.05) is 0 Å². The number of hydrogen-bond acceptors (Lipinski definition) is 6. The van der Waals surface area contributed by atoms with Gasteiger partial charge in [-0.3, -0.25) is 14.4 Å². The van der Waals surface area contributed by atoms with Crippen molar-refractivity contribution in [1.29, 1.82) is 0 Å². The lowest BCUT2D eigenvalue weighted by Gasteiger charge is -2.44. The molecule has 1 aromatic carbocycles. The molecular formula is C23H31ClO6. The lowest BCUT2D eigenvalue weighted by atomic mass is 9.61. The Morgan fingerprint density at radius 1 is 1.00 bits per heavy atom. The second-order valence-electron chi connectivity index (χ2n) is 10.1. The van der Waals surface area contributed by atoms with Gasteiger partial charge < -0.3 is 14.6 Å². The summed E-state index contributed by atoms with van der Waals surface area (Å²) in [5, 5.41) is 11.6. The third-order valence-corrected chi connectivity index (χ3v) is 5.10. The summed E-state index contributed by atoms with van der Waals surface area (Å²) in [6.45, 7) is 11.7. The highest BCUT2D eigenvalue weighted by Gasteiger charge is 2.57. The van der Waals surface area contributed by atoms with Crippen LogP contribution in [0.1, 0.15) is 66.4 Å². The third-order valence-electron chi connectivity index (χ3n) is 4.84. The van der Waals surface area contributed by atoms with Crippen LogP contribution < -0.4 is 0 Å². The summed E-state index contributed by atoms with van der Waals surface area (Å²) >= 11 is 6.01. The Kier molecular flexibility index (Phi) is 6.74. The van der Waals surface area contributed by atoms with Crippen molar-refractivity contribution in [3.8, 4) is 0 Å². The average Bonchev–Trinajstić information content (AvgIpc) is 2.50. The first kappa shape index (κ1) is 24.4. The molecular weight excluding hydrogens is 408 g/mol. The largest absolute Gasteiger partial charge is 0.460 e. The van der Waals surface area contributed by atoms with Gasteiger partial charge in [0, 0.05) is 17.4 Å². The normalized spacial score (nSPS) is 27.5. The van der Waals surface area contributed by atoms with Gasteiger partial charge in [-0.2, -0.15) is 0 Å².